The van der Waals surface area contributed by atoms with Crippen molar-refractivity contribution in [1.82, 2.24) is 4.90 Å². The zero-order valence-corrected chi connectivity index (χ0v) is 12.7. The van der Waals surface area contributed by atoms with Crippen molar-refractivity contribution in [2.24, 2.45) is 0 Å². The third kappa shape index (κ3) is 3.73. The summed E-state index contributed by atoms with van der Waals surface area (Å²) in [5.41, 5.74) is 0.646. The van der Waals surface area contributed by atoms with E-state index in [1.54, 1.807) is 24.1 Å². The molecule has 0 aliphatic carbocycles. The second-order valence-electron chi connectivity index (χ2n) is 5.30. The molecule has 21 heavy (non-hydrogen) atoms. The smallest absolute Gasteiger partial charge is 0.256 e. The highest BCUT2D eigenvalue weighted by atomic mass is 19.1. The maximum atomic E-state index is 13.8. The quantitative estimate of drug-likeness (QED) is 0.908. The summed E-state index contributed by atoms with van der Waals surface area (Å²) in [4.78, 5) is 14.4. The molecular weight excluding hydrogens is 271 g/mol. The van der Waals surface area contributed by atoms with Crippen molar-refractivity contribution in [2.75, 3.05) is 32.1 Å². The maximum Gasteiger partial charge on any atom is 0.256 e. The van der Waals surface area contributed by atoms with Gasteiger partial charge in [0.25, 0.3) is 5.91 Å². The standard InChI is InChI=1S/C16H23FN2O2/c1-3-10-21-12-6-5-9-19(11-12)16(20)13-7-4-8-14(17)15(13)18-2/h4,7-8,12,18H,3,5-6,9-11H2,1-2H3. The van der Waals surface area contributed by atoms with Crippen LogP contribution in [0.3, 0.4) is 0 Å². The van der Waals surface area contributed by atoms with E-state index < -0.39 is 5.82 Å². The predicted octanol–water partition coefficient (Wildman–Crippen LogP) is 2.90. The lowest BCUT2D eigenvalue weighted by Gasteiger charge is -2.33. The molecule has 1 unspecified atom stereocenters. The van der Waals surface area contributed by atoms with Crippen LogP contribution in [0.1, 0.15) is 36.5 Å². The van der Waals surface area contributed by atoms with E-state index in [1.807, 2.05) is 0 Å². The van der Waals surface area contributed by atoms with Gasteiger partial charge in [-0.2, -0.15) is 0 Å². The number of carbonyl (C=O) groups is 1. The molecule has 1 aromatic carbocycles. The highest BCUT2D eigenvalue weighted by Crippen LogP contribution is 2.23. The van der Waals surface area contributed by atoms with Crippen LogP contribution in [0.4, 0.5) is 10.1 Å². The summed E-state index contributed by atoms with van der Waals surface area (Å²) >= 11 is 0. The number of likely N-dealkylation sites (tertiary alicyclic amines) is 1. The number of amides is 1. The number of ether oxygens (including phenoxy) is 1. The molecule has 0 aromatic heterocycles. The average Bonchev–Trinajstić information content (AvgIpc) is 2.52. The molecule has 1 atom stereocenters. The summed E-state index contributed by atoms with van der Waals surface area (Å²) in [6.07, 6.45) is 2.96. The Hall–Kier alpha value is -1.62. The highest BCUT2D eigenvalue weighted by molar-refractivity contribution is 5.99. The number of nitrogens with one attached hydrogen (secondary N) is 1. The number of nitrogens with zero attached hydrogens (tertiary/aromatic N) is 1. The van der Waals surface area contributed by atoms with Crippen LogP contribution in [0.25, 0.3) is 0 Å². The minimum absolute atomic E-state index is 0.0919. The zero-order valence-electron chi connectivity index (χ0n) is 12.7. The van der Waals surface area contributed by atoms with Gasteiger partial charge in [-0.1, -0.05) is 13.0 Å². The zero-order chi connectivity index (χ0) is 15.2. The van der Waals surface area contributed by atoms with Crippen LogP contribution in [0.5, 0.6) is 0 Å². The van der Waals surface area contributed by atoms with Gasteiger partial charge in [-0.15, -0.1) is 0 Å². The van der Waals surface area contributed by atoms with Crippen molar-refractivity contribution >= 4 is 11.6 Å². The molecule has 0 saturated carbocycles. The molecule has 1 saturated heterocycles. The van der Waals surface area contributed by atoms with Crippen molar-refractivity contribution in [1.29, 1.82) is 0 Å². The maximum absolute atomic E-state index is 13.8. The summed E-state index contributed by atoms with van der Waals surface area (Å²) in [5, 5.41) is 2.78. The van der Waals surface area contributed by atoms with Gasteiger partial charge < -0.3 is 15.0 Å². The fourth-order valence-electron chi connectivity index (χ4n) is 2.67. The Morgan fingerprint density at radius 2 is 2.33 bits per heavy atom. The molecule has 0 spiro atoms. The molecule has 1 aliphatic rings. The fourth-order valence-corrected chi connectivity index (χ4v) is 2.67. The number of halogens is 1. The highest BCUT2D eigenvalue weighted by Gasteiger charge is 2.26. The van der Waals surface area contributed by atoms with E-state index in [4.69, 9.17) is 4.74 Å². The Balaban J connectivity index is 2.11. The lowest BCUT2D eigenvalue weighted by Crippen LogP contribution is -2.43. The first-order valence-corrected chi connectivity index (χ1v) is 7.54. The largest absolute Gasteiger partial charge is 0.385 e. The van der Waals surface area contributed by atoms with Crippen LogP contribution in [-0.2, 0) is 4.74 Å². The Bertz CT molecular complexity index is 493. The molecule has 0 radical (unpaired) electrons. The van der Waals surface area contributed by atoms with E-state index in [0.29, 0.717) is 25.3 Å². The van der Waals surface area contributed by atoms with Crippen molar-refractivity contribution < 1.29 is 13.9 Å². The molecule has 1 heterocycles. The average molecular weight is 294 g/mol. The summed E-state index contributed by atoms with van der Waals surface area (Å²) < 4.78 is 19.5. The first kappa shape index (κ1) is 15.8. The second kappa shape index (κ2) is 7.41. The van der Waals surface area contributed by atoms with Gasteiger partial charge >= 0.3 is 0 Å². The Morgan fingerprint density at radius 3 is 3.05 bits per heavy atom. The molecule has 1 fully saturated rings. The van der Waals surface area contributed by atoms with Crippen LogP contribution in [0.15, 0.2) is 18.2 Å². The van der Waals surface area contributed by atoms with Gasteiger partial charge in [0.15, 0.2) is 0 Å². The number of hydrogen-bond donors (Lipinski definition) is 1. The molecule has 1 aliphatic heterocycles. The van der Waals surface area contributed by atoms with Crippen molar-refractivity contribution in [3.63, 3.8) is 0 Å². The Labute approximate surface area is 125 Å². The van der Waals surface area contributed by atoms with E-state index in [0.717, 1.165) is 19.3 Å². The van der Waals surface area contributed by atoms with E-state index in [1.165, 1.54) is 6.07 Å². The fraction of sp³-hybridized carbons (Fsp3) is 0.562. The Morgan fingerprint density at radius 1 is 1.52 bits per heavy atom. The van der Waals surface area contributed by atoms with Crippen molar-refractivity contribution in [2.45, 2.75) is 32.3 Å². The van der Waals surface area contributed by atoms with Crippen LogP contribution < -0.4 is 5.32 Å². The summed E-state index contributed by atoms with van der Waals surface area (Å²) in [6.45, 7) is 4.06. The molecule has 116 valence electrons. The monoisotopic (exact) mass is 294 g/mol. The van der Waals surface area contributed by atoms with E-state index in [9.17, 15) is 9.18 Å². The minimum Gasteiger partial charge on any atom is -0.385 e. The first-order chi connectivity index (χ1) is 10.2. The third-order valence-electron chi connectivity index (χ3n) is 3.72. The SMILES string of the molecule is CCCOC1CCCN(C(=O)c2cccc(F)c2NC)C1. The number of piperidine rings is 1. The topological polar surface area (TPSA) is 41.6 Å². The van der Waals surface area contributed by atoms with Crippen LogP contribution >= 0.6 is 0 Å². The van der Waals surface area contributed by atoms with Crippen molar-refractivity contribution in [3.8, 4) is 0 Å². The van der Waals surface area contributed by atoms with E-state index in [2.05, 4.69) is 12.2 Å². The summed E-state index contributed by atoms with van der Waals surface area (Å²) in [7, 11) is 1.62. The van der Waals surface area contributed by atoms with Gasteiger partial charge in [0.1, 0.15) is 5.82 Å². The molecule has 2 rings (SSSR count). The van der Waals surface area contributed by atoms with Gasteiger partial charge in [0, 0.05) is 26.7 Å². The summed E-state index contributed by atoms with van der Waals surface area (Å²) in [6, 6.07) is 4.58. The van der Waals surface area contributed by atoms with Crippen LogP contribution in [0.2, 0.25) is 0 Å². The molecule has 5 heteroatoms. The molecule has 1 aromatic rings. The van der Waals surface area contributed by atoms with Gasteiger partial charge in [-0.25, -0.2) is 4.39 Å². The van der Waals surface area contributed by atoms with Gasteiger partial charge in [0.2, 0.25) is 0 Å². The number of hydrogen-bond acceptors (Lipinski definition) is 3. The van der Waals surface area contributed by atoms with Gasteiger partial charge in [-0.3, -0.25) is 4.79 Å². The van der Waals surface area contributed by atoms with E-state index in [-0.39, 0.29) is 17.7 Å². The molecule has 1 N–H and O–H groups in total. The predicted molar refractivity (Wildman–Crippen MR) is 81.1 cm³/mol. The van der Waals surface area contributed by atoms with Gasteiger partial charge in [0.05, 0.1) is 17.4 Å². The molecule has 4 nitrogen and oxygen atoms in total. The number of carbonyl (C=O) groups excluding carboxylic acids is 1. The molecule has 0 bridgehead atoms. The molecule has 1 amide bonds. The van der Waals surface area contributed by atoms with Gasteiger partial charge in [-0.05, 0) is 31.4 Å². The molecular formula is C16H23FN2O2. The lowest BCUT2D eigenvalue weighted by molar-refractivity contribution is 0.00213. The number of para-hydroxylation sites is 1. The van der Waals surface area contributed by atoms with Crippen LogP contribution in [-0.4, -0.2) is 43.7 Å². The van der Waals surface area contributed by atoms with Crippen molar-refractivity contribution in [3.05, 3.63) is 29.6 Å². The number of rotatable bonds is 5. The lowest BCUT2D eigenvalue weighted by atomic mass is 10.1. The number of anilines is 1. The summed E-state index contributed by atoms with van der Waals surface area (Å²) in [5.74, 6) is -0.539. The normalized spacial score (nSPS) is 18.6. The second-order valence-corrected chi connectivity index (χ2v) is 5.30. The Kier molecular flexibility index (Phi) is 5.56. The van der Waals surface area contributed by atoms with Crippen LogP contribution in [0, 0.1) is 5.82 Å². The number of benzene rings is 1. The third-order valence-corrected chi connectivity index (χ3v) is 3.72. The van der Waals surface area contributed by atoms with E-state index >= 15 is 0 Å². The minimum atomic E-state index is -0.404. The first-order valence-electron chi connectivity index (χ1n) is 7.54.